The van der Waals surface area contributed by atoms with Crippen molar-refractivity contribution in [1.82, 2.24) is 15.0 Å². The van der Waals surface area contributed by atoms with E-state index in [4.69, 9.17) is 0 Å². The minimum absolute atomic E-state index is 0.583. The molecule has 28 heavy (non-hydrogen) atoms. The van der Waals surface area contributed by atoms with Crippen molar-refractivity contribution in [3.8, 4) is 11.3 Å². The van der Waals surface area contributed by atoms with Gasteiger partial charge in [0.2, 0.25) is 0 Å². The number of rotatable bonds is 2. The number of pyridine rings is 2. The summed E-state index contributed by atoms with van der Waals surface area (Å²) in [4.78, 5) is 13.6. The summed E-state index contributed by atoms with van der Waals surface area (Å²) < 4.78 is 38.6. The van der Waals surface area contributed by atoms with Crippen molar-refractivity contribution in [1.29, 1.82) is 0 Å². The van der Waals surface area contributed by atoms with E-state index in [1.54, 1.807) is 6.92 Å². The molecule has 0 saturated carbocycles. The van der Waals surface area contributed by atoms with Crippen molar-refractivity contribution in [2.24, 2.45) is 0 Å². The Bertz CT molecular complexity index is 1040. The number of nitrogens with zero attached hydrogens (tertiary/aromatic N) is 3. The van der Waals surface area contributed by atoms with Gasteiger partial charge in [0.15, 0.2) is 0 Å². The van der Waals surface area contributed by atoms with E-state index in [2.05, 4.69) is 38.9 Å². The molecule has 1 N–H and O–H groups in total. The number of hydrogen-bond acceptors (Lipinski definition) is 3. The van der Waals surface area contributed by atoms with Gasteiger partial charge in [0.1, 0.15) is 5.69 Å². The highest BCUT2D eigenvalue weighted by atomic mass is 19.4. The van der Waals surface area contributed by atoms with Crippen LogP contribution in [0.25, 0.3) is 11.3 Å². The number of aromatic amines is 1. The van der Waals surface area contributed by atoms with Crippen molar-refractivity contribution >= 4 is 5.69 Å². The highest BCUT2D eigenvalue weighted by molar-refractivity contribution is 5.65. The summed E-state index contributed by atoms with van der Waals surface area (Å²) in [7, 11) is 0. The minimum Gasteiger partial charge on any atom is -0.365 e. The lowest BCUT2D eigenvalue weighted by Gasteiger charge is -2.30. The van der Waals surface area contributed by atoms with Crippen LogP contribution in [0.15, 0.2) is 30.6 Å². The van der Waals surface area contributed by atoms with E-state index in [0.717, 1.165) is 52.8 Å². The van der Waals surface area contributed by atoms with Crippen LogP contribution in [0.1, 0.15) is 33.8 Å². The number of halogens is 3. The number of H-pyrrole nitrogens is 1. The van der Waals surface area contributed by atoms with Gasteiger partial charge in [-0.25, -0.2) is 4.98 Å². The first-order chi connectivity index (χ1) is 13.2. The molecule has 0 fully saturated rings. The summed E-state index contributed by atoms with van der Waals surface area (Å²) in [5.74, 6) is 0. The van der Waals surface area contributed by atoms with Gasteiger partial charge in [-0.2, -0.15) is 13.2 Å². The van der Waals surface area contributed by atoms with E-state index in [1.807, 2.05) is 13.1 Å². The van der Waals surface area contributed by atoms with Crippen molar-refractivity contribution < 1.29 is 13.2 Å². The fraction of sp³-hybridized carbons (Fsp3) is 0.333. The van der Waals surface area contributed by atoms with Crippen molar-refractivity contribution in [2.45, 2.75) is 39.9 Å². The minimum atomic E-state index is -4.42. The number of aromatic nitrogens is 3. The Morgan fingerprint density at radius 2 is 1.79 bits per heavy atom. The fourth-order valence-electron chi connectivity index (χ4n) is 3.80. The molecule has 0 amide bonds. The molecule has 0 bridgehead atoms. The SMILES string of the molecule is Cc1cc(C)c(-c2cc3c([nH]2)CCN(c2cnc(C(F)(F)F)cc2C)C3)cn1. The van der Waals surface area contributed by atoms with Gasteiger partial charge in [-0.05, 0) is 55.7 Å². The molecular weight excluding hydrogens is 365 g/mol. The zero-order chi connectivity index (χ0) is 20.1. The van der Waals surface area contributed by atoms with E-state index in [9.17, 15) is 13.2 Å². The summed E-state index contributed by atoms with van der Waals surface area (Å²) in [6, 6.07) is 5.29. The van der Waals surface area contributed by atoms with Crippen LogP contribution in [-0.2, 0) is 19.1 Å². The largest absolute Gasteiger partial charge is 0.433 e. The molecule has 0 unspecified atom stereocenters. The Labute approximate surface area is 161 Å². The summed E-state index contributed by atoms with van der Waals surface area (Å²) >= 11 is 0. The molecule has 0 spiro atoms. The third-order valence-electron chi connectivity index (χ3n) is 5.24. The predicted octanol–water partition coefficient (Wildman–Crippen LogP) is 4.98. The van der Waals surface area contributed by atoms with E-state index in [1.165, 1.54) is 11.9 Å². The van der Waals surface area contributed by atoms with Crippen LogP contribution in [0.4, 0.5) is 18.9 Å². The lowest BCUT2D eigenvalue weighted by Crippen LogP contribution is -2.30. The molecule has 3 aromatic rings. The second-order valence-corrected chi connectivity index (χ2v) is 7.35. The van der Waals surface area contributed by atoms with Crippen LogP contribution in [0.3, 0.4) is 0 Å². The lowest BCUT2D eigenvalue weighted by atomic mass is 10.0. The number of hydrogen-bond donors (Lipinski definition) is 1. The maximum Gasteiger partial charge on any atom is 0.433 e. The van der Waals surface area contributed by atoms with Gasteiger partial charge >= 0.3 is 6.18 Å². The molecule has 3 aromatic heterocycles. The molecule has 0 atom stereocenters. The second-order valence-electron chi connectivity index (χ2n) is 7.35. The maximum absolute atomic E-state index is 12.9. The lowest BCUT2D eigenvalue weighted by molar-refractivity contribution is -0.141. The molecule has 0 radical (unpaired) electrons. The molecule has 4 heterocycles. The summed E-state index contributed by atoms with van der Waals surface area (Å²) in [6.45, 7) is 7.10. The van der Waals surface area contributed by atoms with Crippen LogP contribution >= 0.6 is 0 Å². The van der Waals surface area contributed by atoms with Gasteiger partial charge < -0.3 is 9.88 Å². The Kier molecular flexibility index (Phi) is 4.40. The first kappa shape index (κ1) is 18.5. The van der Waals surface area contributed by atoms with Crippen LogP contribution in [0.2, 0.25) is 0 Å². The van der Waals surface area contributed by atoms with E-state index in [0.29, 0.717) is 12.1 Å². The van der Waals surface area contributed by atoms with E-state index >= 15 is 0 Å². The Morgan fingerprint density at radius 1 is 1.00 bits per heavy atom. The van der Waals surface area contributed by atoms with Crippen molar-refractivity contribution in [2.75, 3.05) is 11.4 Å². The maximum atomic E-state index is 12.9. The summed E-state index contributed by atoms with van der Waals surface area (Å²) in [6.07, 6.45) is -0.406. The molecule has 146 valence electrons. The third kappa shape index (κ3) is 3.37. The molecule has 4 nitrogen and oxygen atoms in total. The number of aryl methyl sites for hydroxylation is 3. The van der Waals surface area contributed by atoms with Crippen LogP contribution in [0, 0.1) is 20.8 Å². The standard InChI is InChI=1S/C21H21F3N4/c1-12-6-14(3)25-9-16(12)18-8-15-11-28(5-4-17(15)27-18)19-10-26-20(7-13(19)2)21(22,23)24/h6-10,27H,4-5,11H2,1-3H3. The zero-order valence-electron chi connectivity index (χ0n) is 16.0. The molecule has 0 saturated heterocycles. The average molecular weight is 386 g/mol. The van der Waals surface area contributed by atoms with Crippen molar-refractivity contribution in [3.05, 3.63) is 64.4 Å². The molecular formula is C21H21F3N4. The molecule has 0 aliphatic carbocycles. The normalized spacial score (nSPS) is 14.3. The average Bonchev–Trinajstić information content (AvgIpc) is 3.03. The van der Waals surface area contributed by atoms with Gasteiger partial charge in [0, 0.05) is 48.4 Å². The number of fused-ring (bicyclic) bond motifs is 1. The van der Waals surface area contributed by atoms with Crippen molar-refractivity contribution in [3.63, 3.8) is 0 Å². The summed E-state index contributed by atoms with van der Waals surface area (Å²) in [5, 5.41) is 0. The number of anilines is 1. The molecule has 4 rings (SSSR count). The summed E-state index contributed by atoms with van der Waals surface area (Å²) in [5.41, 5.74) is 7.04. The first-order valence-corrected chi connectivity index (χ1v) is 9.15. The Balaban J connectivity index is 1.61. The third-order valence-corrected chi connectivity index (χ3v) is 5.24. The van der Waals surface area contributed by atoms with Gasteiger partial charge in [0.05, 0.1) is 11.9 Å². The van der Waals surface area contributed by atoms with E-state index in [-0.39, 0.29) is 0 Å². The van der Waals surface area contributed by atoms with Gasteiger partial charge in [-0.3, -0.25) is 4.98 Å². The molecule has 1 aliphatic rings. The van der Waals surface area contributed by atoms with Crippen LogP contribution < -0.4 is 4.90 Å². The smallest absolute Gasteiger partial charge is 0.365 e. The second kappa shape index (κ2) is 6.65. The quantitative estimate of drug-likeness (QED) is 0.676. The monoisotopic (exact) mass is 386 g/mol. The van der Waals surface area contributed by atoms with E-state index < -0.39 is 11.9 Å². The van der Waals surface area contributed by atoms with Crippen LogP contribution in [-0.4, -0.2) is 21.5 Å². The highest BCUT2D eigenvalue weighted by Gasteiger charge is 2.33. The first-order valence-electron chi connectivity index (χ1n) is 9.15. The highest BCUT2D eigenvalue weighted by Crippen LogP contribution is 2.33. The molecule has 7 heteroatoms. The van der Waals surface area contributed by atoms with Crippen LogP contribution in [0.5, 0.6) is 0 Å². The fourth-order valence-corrected chi connectivity index (χ4v) is 3.80. The molecule has 0 aromatic carbocycles. The van der Waals surface area contributed by atoms with Gasteiger partial charge in [0.25, 0.3) is 0 Å². The Morgan fingerprint density at radius 3 is 2.46 bits per heavy atom. The van der Waals surface area contributed by atoms with Gasteiger partial charge in [-0.1, -0.05) is 0 Å². The Hall–Kier alpha value is -2.83. The molecule has 1 aliphatic heterocycles. The number of nitrogens with one attached hydrogen (secondary N) is 1. The topological polar surface area (TPSA) is 44.8 Å². The predicted molar refractivity (Wildman–Crippen MR) is 102 cm³/mol. The van der Waals surface area contributed by atoms with Gasteiger partial charge in [-0.15, -0.1) is 0 Å². The number of alkyl halides is 3. The zero-order valence-corrected chi connectivity index (χ0v) is 16.0.